The monoisotopic (exact) mass is 322 g/mol. The summed E-state index contributed by atoms with van der Waals surface area (Å²) in [6, 6.07) is 5.75. The highest BCUT2D eigenvalue weighted by atomic mass is 19.1. The van der Waals surface area contributed by atoms with Crippen LogP contribution in [0.1, 0.15) is 34.8 Å². The third kappa shape index (κ3) is 4.38. The van der Waals surface area contributed by atoms with Crippen LogP contribution in [0.3, 0.4) is 0 Å². The Morgan fingerprint density at radius 3 is 2.57 bits per heavy atom. The number of hydrogen-bond acceptors (Lipinski definition) is 3. The molecule has 122 valence electrons. The van der Waals surface area contributed by atoms with E-state index in [0.29, 0.717) is 11.8 Å². The van der Waals surface area contributed by atoms with Crippen molar-refractivity contribution in [3.63, 3.8) is 0 Å². The van der Waals surface area contributed by atoms with Crippen molar-refractivity contribution in [3.05, 3.63) is 59.1 Å². The van der Waals surface area contributed by atoms with Crippen molar-refractivity contribution in [2.45, 2.75) is 19.9 Å². The number of benzene rings is 1. The number of furan rings is 1. The lowest BCUT2D eigenvalue weighted by atomic mass is 10.2. The quantitative estimate of drug-likeness (QED) is 0.888. The van der Waals surface area contributed by atoms with Gasteiger partial charge in [-0.2, -0.15) is 0 Å². The molecular weight excluding hydrogens is 306 g/mol. The molecule has 2 N–H and O–H groups in total. The number of amides is 2. The second-order valence-electron chi connectivity index (χ2n) is 5.04. The molecule has 0 saturated carbocycles. The van der Waals surface area contributed by atoms with Crippen LogP contribution in [0.5, 0.6) is 0 Å². The van der Waals surface area contributed by atoms with Crippen molar-refractivity contribution >= 4 is 11.8 Å². The summed E-state index contributed by atoms with van der Waals surface area (Å²) >= 11 is 0. The Kier molecular flexibility index (Phi) is 5.10. The minimum Gasteiger partial charge on any atom is -0.464 e. The summed E-state index contributed by atoms with van der Waals surface area (Å²) < 4.78 is 31.6. The lowest BCUT2D eigenvalue weighted by Gasteiger charge is -2.12. The minimum absolute atomic E-state index is 0.325. The summed E-state index contributed by atoms with van der Waals surface area (Å²) in [6.07, 6.45) is 0. The number of carbonyl (C=O) groups is 2. The van der Waals surface area contributed by atoms with E-state index >= 15 is 0 Å². The number of rotatable bonds is 5. The van der Waals surface area contributed by atoms with Crippen LogP contribution in [0.25, 0.3) is 0 Å². The van der Waals surface area contributed by atoms with Crippen molar-refractivity contribution in [1.82, 2.24) is 10.6 Å². The molecule has 1 aromatic heterocycles. The minimum atomic E-state index is -0.984. The summed E-state index contributed by atoms with van der Waals surface area (Å²) in [4.78, 5) is 23.6. The number of halogens is 2. The molecule has 0 bridgehead atoms. The van der Waals surface area contributed by atoms with Crippen LogP contribution in [0.4, 0.5) is 8.78 Å². The fraction of sp³-hybridized carbons (Fsp3) is 0.250. The molecule has 7 heteroatoms. The van der Waals surface area contributed by atoms with Gasteiger partial charge in [0.1, 0.15) is 23.2 Å². The van der Waals surface area contributed by atoms with E-state index in [2.05, 4.69) is 10.6 Å². The van der Waals surface area contributed by atoms with E-state index in [1.54, 1.807) is 26.0 Å². The largest absolute Gasteiger partial charge is 0.464 e. The van der Waals surface area contributed by atoms with Crippen LogP contribution >= 0.6 is 0 Å². The van der Waals surface area contributed by atoms with Gasteiger partial charge in [-0.3, -0.25) is 9.59 Å². The number of aryl methyl sites for hydroxylation is 1. The van der Waals surface area contributed by atoms with Gasteiger partial charge in [0.15, 0.2) is 0 Å². The molecule has 1 heterocycles. The predicted octanol–water partition coefficient (Wildman–Crippen LogP) is 2.47. The van der Waals surface area contributed by atoms with E-state index in [1.807, 2.05) is 0 Å². The van der Waals surface area contributed by atoms with E-state index in [9.17, 15) is 18.4 Å². The Morgan fingerprint density at radius 2 is 1.96 bits per heavy atom. The van der Waals surface area contributed by atoms with Crippen LogP contribution in [0.2, 0.25) is 0 Å². The first-order valence-electron chi connectivity index (χ1n) is 6.95. The molecule has 1 aromatic carbocycles. The fourth-order valence-corrected chi connectivity index (χ4v) is 1.98. The first-order valence-corrected chi connectivity index (χ1v) is 6.95. The highest BCUT2D eigenvalue weighted by molar-refractivity contribution is 5.96. The van der Waals surface area contributed by atoms with E-state index in [-0.39, 0.29) is 18.2 Å². The first kappa shape index (κ1) is 16.7. The van der Waals surface area contributed by atoms with E-state index < -0.39 is 23.4 Å². The zero-order chi connectivity index (χ0) is 17.0. The van der Waals surface area contributed by atoms with Gasteiger partial charge in [0.05, 0.1) is 18.2 Å². The smallest absolute Gasteiger partial charge is 0.254 e. The van der Waals surface area contributed by atoms with Gasteiger partial charge in [-0.15, -0.1) is 0 Å². The summed E-state index contributed by atoms with van der Waals surface area (Å²) in [5.41, 5.74) is -0.325. The molecule has 1 unspecified atom stereocenters. The van der Waals surface area contributed by atoms with Gasteiger partial charge in [0, 0.05) is 6.07 Å². The molecule has 0 aliphatic heterocycles. The molecule has 0 aliphatic rings. The zero-order valence-electron chi connectivity index (χ0n) is 12.7. The molecule has 0 spiro atoms. The SMILES string of the molecule is Cc1ccc(C(C)NC(=O)CNC(=O)c2ccc(F)cc2F)o1. The molecule has 0 fully saturated rings. The Balaban J connectivity index is 1.87. The Labute approximate surface area is 131 Å². The molecule has 0 saturated heterocycles. The maximum Gasteiger partial charge on any atom is 0.254 e. The molecule has 2 aromatic rings. The maximum atomic E-state index is 13.4. The van der Waals surface area contributed by atoms with Gasteiger partial charge in [-0.1, -0.05) is 0 Å². The zero-order valence-corrected chi connectivity index (χ0v) is 12.7. The van der Waals surface area contributed by atoms with Crippen molar-refractivity contribution < 1.29 is 22.8 Å². The van der Waals surface area contributed by atoms with E-state index in [1.165, 1.54) is 0 Å². The summed E-state index contributed by atoms with van der Waals surface area (Å²) in [6.45, 7) is 3.19. The number of nitrogens with one attached hydrogen (secondary N) is 2. The Morgan fingerprint density at radius 1 is 1.22 bits per heavy atom. The molecular formula is C16H16F2N2O3. The number of hydrogen-bond donors (Lipinski definition) is 2. The topological polar surface area (TPSA) is 71.3 Å². The Bertz CT molecular complexity index is 728. The van der Waals surface area contributed by atoms with E-state index in [4.69, 9.17) is 4.42 Å². The summed E-state index contributed by atoms with van der Waals surface area (Å²) in [5.74, 6) is -1.70. The molecule has 2 amide bonds. The second kappa shape index (κ2) is 7.04. The van der Waals surface area contributed by atoms with Gasteiger partial charge in [0.25, 0.3) is 5.91 Å². The molecule has 2 rings (SSSR count). The van der Waals surface area contributed by atoms with Gasteiger partial charge >= 0.3 is 0 Å². The average Bonchev–Trinajstić information content (AvgIpc) is 2.91. The Hall–Kier alpha value is -2.70. The van der Waals surface area contributed by atoms with Crippen LogP contribution in [0, 0.1) is 18.6 Å². The van der Waals surface area contributed by atoms with Crippen molar-refractivity contribution in [3.8, 4) is 0 Å². The first-order chi connectivity index (χ1) is 10.9. The summed E-state index contributed by atoms with van der Waals surface area (Å²) in [5, 5.41) is 4.92. The number of carbonyl (C=O) groups excluding carboxylic acids is 2. The third-order valence-electron chi connectivity index (χ3n) is 3.15. The predicted molar refractivity (Wildman–Crippen MR) is 78.7 cm³/mol. The van der Waals surface area contributed by atoms with Crippen LogP contribution in [-0.2, 0) is 4.79 Å². The van der Waals surface area contributed by atoms with Crippen LogP contribution in [0.15, 0.2) is 34.7 Å². The van der Waals surface area contributed by atoms with Gasteiger partial charge in [-0.25, -0.2) is 8.78 Å². The standard InChI is InChI=1S/C16H16F2N2O3/c1-9-3-6-14(23-9)10(2)20-15(21)8-19-16(22)12-5-4-11(17)7-13(12)18/h3-7,10H,8H2,1-2H3,(H,19,22)(H,20,21). The van der Waals surface area contributed by atoms with Gasteiger partial charge in [-0.05, 0) is 38.1 Å². The highest BCUT2D eigenvalue weighted by Crippen LogP contribution is 2.15. The van der Waals surface area contributed by atoms with Crippen LogP contribution < -0.4 is 10.6 Å². The second-order valence-corrected chi connectivity index (χ2v) is 5.04. The lowest BCUT2D eigenvalue weighted by molar-refractivity contribution is -0.120. The van der Waals surface area contributed by atoms with E-state index in [0.717, 1.165) is 17.9 Å². The van der Waals surface area contributed by atoms with Crippen molar-refractivity contribution in [1.29, 1.82) is 0 Å². The maximum absolute atomic E-state index is 13.4. The average molecular weight is 322 g/mol. The van der Waals surface area contributed by atoms with Gasteiger partial charge in [0.2, 0.25) is 5.91 Å². The van der Waals surface area contributed by atoms with Crippen molar-refractivity contribution in [2.75, 3.05) is 6.54 Å². The molecule has 0 radical (unpaired) electrons. The third-order valence-corrected chi connectivity index (χ3v) is 3.15. The lowest BCUT2D eigenvalue weighted by Crippen LogP contribution is -2.38. The van der Waals surface area contributed by atoms with Gasteiger partial charge < -0.3 is 15.1 Å². The van der Waals surface area contributed by atoms with Crippen molar-refractivity contribution in [2.24, 2.45) is 0 Å². The molecule has 1 atom stereocenters. The molecule has 0 aliphatic carbocycles. The highest BCUT2D eigenvalue weighted by Gasteiger charge is 2.16. The molecule has 5 nitrogen and oxygen atoms in total. The summed E-state index contributed by atoms with van der Waals surface area (Å²) in [7, 11) is 0. The normalized spacial score (nSPS) is 11.8. The van der Waals surface area contributed by atoms with Crippen LogP contribution in [-0.4, -0.2) is 18.4 Å². The molecule has 23 heavy (non-hydrogen) atoms. The fourth-order valence-electron chi connectivity index (χ4n) is 1.98.